The smallest absolute Gasteiger partial charge is 0.150 e. The first kappa shape index (κ1) is 16.9. The molecule has 1 aliphatic carbocycles. The molecule has 3 rings (SSSR count). The highest BCUT2D eigenvalue weighted by Crippen LogP contribution is 2.25. The van der Waals surface area contributed by atoms with Crippen LogP contribution in [-0.2, 0) is 29.2 Å². The van der Waals surface area contributed by atoms with Crippen LogP contribution in [0, 0.1) is 6.92 Å². The molecule has 0 atom stereocenters. The largest absolute Gasteiger partial charge is 0.388 e. The van der Waals surface area contributed by atoms with Gasteiger partial charge in [-0.05, 0) is 62.6 Å². The number of pyridine rings is 1. The van der Waals surface area contributed by atoms with Crippen LogP contribution < -0.4 is 5.32 Å². The fourth-order valence-electron chi connectivity index (χ4n) is 3.63. The number of nitrogens with one attached hydrogen (secondary N) is 1. The first-order valence-corrected chi connectivity index (χ1v) is 10.3. The fraction of sp³-hybridized carbons (Fsp3) is 0.706. The van der Waals surface area contributed by atoms with Gasteiger partial charge in [0.1, 0.15) is 0 Å². The van der Waals surface area contributed by atoms with Crippen molar-refractivity contribution in [2.75, 3.05) is 18.1 Å². The number of rotatable bonds is 4. The number of aryl methyl sites for hydroxylation is 2. The highest BCUT2D eigenvalue weighted by atomic mass is 32.2. The second-order valence-electron chi connectivity index (χ2n) is 7.03. The molecular formula is C17H26N2O3S. The zero-order valence-corrected chi connectivity index (χ0v) is 14.6. The molecule has 0 amide bonds. The summed E-state index contributed by atoms with van der Waals surface area (Å²) in [6.45, 7) is 3.18. The van der Waals surface area contributed by atoms with E-state index in [9.17, 15) is 13.5 Å². The Morgan fingerprint density at radius 3 is 2.70 bits per heavy atom. The van der Waals surface area contributed by atoms with E-state index in [4.69, 9.17) is 0 Å². The minimum Gasteiger partial charge on any atom is -0.388 e. The molecule has 1 aromatic rings. The Kier molecular flexibility index (Phi) is 4.76. The van der Waals surface area contributed by atoms with Gasteiger partial charge in [-0.3, -0.25) is 4.98 Å². The molecule has 0 unspecified atom stereocenters. The molecule has 6 heteroatoms. The molecule has 0 bridgehead atoms. The predicted octanol–water partition coefficient (Wildman–Crippen LogP) is 1.30. The minimum absolute atomic E-state index is 0.0922. The highest BCUT2D eigenvalue weighted by molar-refractivity contribution is 7.91. The summed E-state index contributed by atoms with van der Waals surface area (Å²) in [5.41, 5.74) is 4.03. The summed E-state index contributed by atoms with van der Waals surface area (Å²) >= 11 is 0. The number of fused-ring (bicyclic) bond motifs is 1. The van der Waals surface area contributed by atoms with Gasteiger partial charge in [0, 0.05) is 24.5 Å². The van der Waals surface area contributed by atoms with E-state index in [-0.39, 0.29) is 11.5 Å². The standard InChI is InChI=1S/C17H26N2O3S/c1-13-10-14(15-4-2-3-5-16(15)19-13)11-18-12-17(20)6-8-23(21,22)9-7-17/h10,18,20H,2-9,11-12H2,1H3. The molecule has 2 heterocycles. The predicted molar refractivity (Wildman–Crippen MR) is 90.2 cm³/mol. The Morgan fingerprint density at radius 2 is 1.96 bits per heavy atom. The van der Waals surface area contributed by atoms with Gasteiger partial charge in [0.2, 0.25) is 0 Å². The van der Waals surface area contributed by atoms with Crippen molar-refractivity contribution >= 4 is 9.84 Å². The lowest BCUT2D eigenvalue weighted by atomic mass is 9.91. The van der Waals surface area contributed by atoms with E-state index in [1.165, 1.54) is 29.7 Å². The number of nitrogens with zero attached hydrogens (tertiary/aromatic N) is 1. The van der Waals surface area contributed by atoms with Crippen molar-refractivity contribution in [1.82, 2.24) is 10.3 Å². The molecule has 0 aromatic carbocycles. The summed E-state index contributed by atoms with van der Waals surface area (Å²) in [6.07, 6.45) is 5.23. The van der Waals surface area contributed by atoms with E-state index in [0.717, 1.165) is 18.5 Å². The first-order valence-electron chi connectivity index (χ1n) is 8.49. The van der Waals surface area contributed by atoms with Crippen LogP contribution in [0.15, 0.2) is 6.07 Å². The lowest BCUT2D eigenvalue weighted by Crippen LogP contribution is -2.46. The van der Waals surface area contributed by atoms with Gasteiger partial charge >= 0.3 is 0 Å². The third-order valence-electron chi connectivity index (χ3n) is 5.05. The Balaban J connectivity index is 1.62. The van der Waals surface area contributed by atoms with E-state index in [1.54, 1.807) is 0 Å². The van der Waals surface area contributed by atoms with Crippen molar-refractivity contribution in [3.63, 3.8) is 0 Å². The normalized spacial score (nSPS) is 22.5. The van der Waals surface area contributed by atoms with Crippen LogP contribution in [0.3, 0.4) is 0 Å². The van der Waals surface area contributed by atoms with Crippen LogP contribution in [0.25, 0.3) is 0 Å². The highest BCUT2D eigenvalue weighted by Gasteiger charge is 2.34. The maximum absolute atomic E-state index is 11.5. The summed E-state index contributed by atoms with van der Waals surface area (Å²) in [6, 6.07) is 2.13. The van der Waals surface area contributed by atoms with Gasteiger partial charge in [-0.2, -0.15) is 0 Å². The SMILES string of the molecule is Cc1cc(CNCC2(O)CCS(=O)(=O)CC2)c2c(n1)CCCC2. The van der Waals surface area contributed by atoms with E-state index < -0.39 is 15.4 Å². The lowest BCUT2D eigenvalue weighted by Gasteiger charge is -2.32. The van der Waals surface area contributed by atoms with Crippen molar-refractivity contribution in [2.24, 2.45) is 0 Å². The molecule has 0 saturated carbocycles. The number of hydrogen-bond acceptors (Lipinski definition) is 5. The van der Waals surface area contributed by atoms with Gasteiger partial charge in [0.05, 0.1) is 17.1 Å². The Bertz CT molecular complexity index is 671. The zero-order chi connectivity index (χ0) is 16.5. The quantitative estimate of drug-likeness (QED) is 0.865. The van der Waals surface area contributed by atoms with Gasteiger partial charge < -0.3 is 10.4 Å². The monoisotopic (exact) mass is 338 g/mol. The number of hydrogen-bond donors (Lipinski definition) is 2. The van der Waals surface area contributed by atoms with Crippen molar-refractivity contribution < 1.29 is 13.5 Å². The van der Waals surface area contributed by atoms with Crippen LogP contribution in [0.1, 0.15) is 48.2 Å². The minimum atomic E-state index is -2.94. The van der Waals surface area contributed by atoms with Crippen molar-refractivity contribution in [3.8, 4) is 0 Å². The Morgan fingerprint density at radius 1 is 1.26 bits per heavy atom. The average Bonchev–Trinajstić information content (AvgIpc) is 2.51. The topological polar surface area (TPSA) is 79.3 Å². The second kappa shape index (κ2) is 6.49. The maximum Gasteiger partial charge on any atom is 0.150 e. The van der Waals surface area contributed by atoms with Crippen molar-refractivity contribution in [3.05, 3.63) is 28.6 Å². The molecule has 0 radical (unpaired) electrons. The molecule has 0 spiro atoms. The number of aliphatic hydroxyl groups is 1. The molecule has 1 saturated heterocycles. The van der Waals surface area contributed by atoms with Gasteiger partial charge in [-0.15, -0.1) is 0 Å². The molecule has 1 fully saturated rings. The third kappa shape index (κ3) is 4.11. The molecule has 128 valence electrons. The zero-order valence-electron chi connectivity index (χ0n) is 13.8. The summed E-state index contributed by atoms with van der Waals surface area (Å²) < 4.78 is 23.0. The summed E-state index contributed by atoms with van der Waals surface area (Å²) in [5.74, 6) is 0.184. The molecule has 5 nitrogen and oxygen atoms in total. The first-order chi connectivity index (χ1) is 10.9. The van der Waals surface area contributed by atoms with Crippen LogP contribution in [0.2, 0.25) is 0 Å². The number of sulfone groups is 1. The summed E-state index contributed by atoms with van der Waals surface area (Å²) in [7, 11) is -2.94. The van der Waals surface area contributed by atoms with Crippen molar-refractivity contribution in [2.45, 2.75) is 57.6 Å². The van der Waals surface area contributed by atoms with Crippen LogP contribution in [-0.4, -0.2) is 42.2 Å². The molecule has 1 aliphatic heterocycles. The summed E-state index contributed by atoms with van der Waals surface area (Å²) in [4.78, 5) is 4.66. The van der Waals surface area contributed by atoms with Gasteiger partial charge in [-0.1, -0.05) is 0 Å². The molecule has 2 N–H and O–H groups in total. The Hall–Kier alpha value is -0.980. The summed E-state index contributed by atoms with van der Waals surface area (Å²) in [5, 5.41) is 13.9. The van der Waals surface area contributed by atoms with E-state index in [1.807, 2.05) is 6.92 Å². The van der Waals surface area contributed by atoms with E-state index in [2.05, 4.69) is 16.4 Å². The molecule has 2 aliphatic rings. The maximum atomic E-state index is 11.5. The fourth-order valence-corrected chi connectivity index (χ4v) is 5.21. The molecule has 1 aromatic heterocycles. The second-order valence-corrected chi connectivity index (χ2v) is 9.34. The Labute approximate surface area is 138 Å². The van der Waals surface area contributed by atoms with Crippen LogP contribution in [0.4, 0.5) is 0 Å². The van der Waals surface area contributed by atoms with Gasteiger partial charge in [0.25, 0.3) is 0 Å². The van der Waals surface area contributed by atoms with Crippen LogP contribution >= 0.6 is 0 Å². The van der Waals surface area contributed by atoms with E-state index in [0.29, 0.717) is 25.9 Å². The third-order valence-corrected chi connectivity index (χ3v) is 6.70. The van der Waals surface area contributed by atoms with Crippen molar-refractivity contribution in [1.29, 1.82) is 0 Å². The van der Waals surface area contributed by atoms with E-state index >= 15 is 0 Å². The average molecular weight is 338 g/mol. The molecular weight excluding hydrogens is 312 g/mol. The number of aromatic nitrogens is 1. The van der Waals surface area contributed by atoms with Gasteiger partial charge in [-0.25, -0.2) is 8.42 Å². The lowest BCUT2D eigenvalue weighted by molar-refractivity contribution is 0.0303. The van der Waals surface area contributed by atoms with Crippen LogP contribution in [0.5, 0.6) is 0 Å². The molecule has 23 heavy (non-hydrogen) atoms. The van der Waals surface area contributed by atoms with Gasteiger partial charge in [0.15, 0.2) is 9.84 Å².